The molecule has 0 aromatic rings. The molecule has 0 bridgehead atoms. The summed E-state index contributed by atoms with van der Waals surface area (Å²) in [4.78, 5) is 0. The molecule has 2 rings (SSSR count). The van der Waals surface area contributed by atoms with Crippen LogP contribution in [-0.2, 0) is 4.74 Å². The van der Waals surface area contributed by atoms with E-state index in [0.717, 1.165) is 13.0 Å². The highest BCUT2D eigenvalue weighted by atomic mass is 16.5. The molecule has 2 aliphatic carbocycles. The highest BCUT2D eigenvalue weighted by Gasteiger charge is 2.57. The fraction of sp³-hybridized carbons (Fsp3) is 1.00. The van der Waals surface area contributed by atoms with Gasteiger partial charge in [-0.15, -0.1) is 0 Å². The summed E-state index contributed by atoms with van der Waals surface area (Å²) in [5.74, 6) is 0.683. The minimum Gasteiger partial charge on any atom is -0.393 e. The molecule has 2 saturated carbocycles. The minimum atomic E-state index is 0.0556. The Hall–Kier alpha value is -0.0800. The van der Waals surface area contributed by atoms with Crippen LogP contribution in [0.1, 0.15) is 47.0 Å². The average Bonchev–Trinajstić information content (AvgIpc) is 2.84. The molecule has 2 nitrogen and oxygen atoms in total. The largest absolute Gasteiger partial charge is 0.393 e. The summed E-state index contributed by atoms with van der Waals surface area (Å²) in [6.07, 6.45) is 3.66. The zero-order valence-electron chi connectivity index (χ0n) is 10.3. The lowest BCUT2D eigenvalue weighted by atomic mass is 10.1. The topological polar surface area (TPSA) is 29.5 Å². The van der Waals surface area contributed by atoms with E-state index in [1.54, 1.807) is 7.11 Å². The summed E-state index contributed by atoms with van der Waals surface area (Å²) in [6.45, 7) is 9.06. The van der Waals surface area contributed by atoms with Crippen molar-refractivity contribution in [3.05, 3.63) is 0 Å². The Morgan fingerprint density at radius 1 is 1.43 bits per heavy atom. The lowest BCUT2D eigenvalue weighted by Crippen LogP contribution is -2.02. The van der Waals surface area contributed by atoms with Gasteiger partial charge in [-0.25, -0.2) is 0 Å². The second-order valence-electron chi connectivity index (χ2n) is 4.15. The normalized spacial score (nSPS) is 37.3. The third kappa shape index (κ3) is 3.58. The summed E-state index contributed by atoms with van der Waals surface area (Å²) in [5.41, 5.74) is 0.583. The molecule has 1 N–H and O–H groups in total. The summed E-state index contributed by atoms with van der Waals surface area (Å²) in [5, 5.41) is 9.20. The first-order chi connectivity index (χ1) is 6.64. The Labute approximate surface area is 88.7 Å². The van der Waals surface area contributed by atoms with Crippen LogP contribution in [-0.4, -0.2) is 24.9 Å². The number of hydrogen-bond acceptors (Lipinski definition) is 2. The molecular formula is C12H26O2. The van der Waals surface area contributed by atoms with Crippen LogP contribution in [0.3, 0.4) is 0 Å². The van der Waals surface area contributed by atoms with Crippen molar-refractivity contribution in [3.8, 4) is 0 Å². The SMILES string of the molecule is CC.CCOC.C[C@@]12CC[C@@H](O)[C@@H]1C2. The maximum atomic E-state index is 9.20. The first-order valence-corrected chi connectivity index (χ1v) is 5.81. The maximum absolute atomic E-state index is 9.20. The molecule has 14 heavy (non-hydrogen) atoms. The molecule has 2 fully saturated rings. The Kier molecular flexibility index (Phi) is 6.38. The molecule has 0 unspecified atom stereocenters. The van der Waals surface area contributed by atoms with E-state index in [2.05, 4.69) is 11.7 Å². The van der Waals surface area contributed by atoms with Gasteiger partial charge in [0.15, 0.2) is 0 Å². The molecule has 0 aromatic heterocycles. The highest BCUT2D eigenvalue weighted by molar-refractivity contribution is 5.07. The molecule has 0 saturated heterocycles. The van der Waals surface area contributed by atoms with Gasteiger partial charge in [-0.2, -0.15) is 0 Å². The third-order valence-electron chi connectivity index (χ3n) is 3.19. The highest BCUT2D eigenvalue weighted by Crippen LogP contribution is 2.62. The van der Waals surface area contributed by atoms with E-state index in [0.29, 0.717) is 11.3 Å². The van der Waals surface area contributed by atoms with Crippen molar-refractivity contribution >= 4 is 0 Å². The van der Waals surface area contributed by atoms with Gasteiger partial charge in [0, 0.05) is 13.7 Å². The second kappa shape index (κ2) is 6.41. The van der Waals surface area contributed by atoms with E-state index in [1.807, 2.05) is 20.8 Å². The molecule has 0 aliphatic heterocycles. The van der Waals surface area contributed by atoms with Crippen LogP contribution in [0.5, 0.6) is 0 Å². The molecule has 2 aliphatic rings. The zero-order chi connectivity index (χ0) is 11.2. The van der Waals surface area contributed by atoms with E-state index < -0.39 is 0 Å². The summed E-state index contributed by atoms with van der Waals surface area (Å²) in [7, 11) is 1.68. The second-order valence-corrected chi connectivity index (χ2v) is 4.15. The van der Waals surface area contributed by atoms with E-state index in [1.165, 1.54) is 12.8 Å². The fourth-order valence-electron chi connectivity index (χ4n) is 2.01. The van der Waals surface area contributed by atoms with Gasteiger partial charge < -0.3 is 9.84 Å². The van der Waals surface area contributed by atoms with Gasteiger partial charge in [0.25, 0.3) is 0 Å². The zero-order valence-corrected chi connectivity index (χ0v) is 10.3. The Morgan fingerprint density at radius 3 is 2.00 bits per heavy atom. The smallest absolute Gasteiger partial charge is 0.0574 e. The van der Waals surface area contributed by atoms with E-state index in [4.69, 9.17) is 0 Å². The number of aliphatic hydroxyl groups excluding tert-OH is 1. The van der Waals surface area contributed by atoms with Crippen molar-refractivity contribution < 1.29 is 9.84 Å². The van der Waals surface area contributed by atoms with Gasteiger partial charge in [-0.05, 0) is 37.5 Å². The Morgan fingerprint density at radius 2 is 1.93 bits per heavy atom. The first-order valence-electron chi connectivity index (χ1n) is 5.81. The number of fused-ring (bicyclic) bond motifs is 1. The lowest BCUT2D eigenvalue weighted by molar-refractivity contribution is 0.158. The molecule has 86 valence electrons. The van der Waals surface area contributed by atoms with Crippen LogP contribution < -0.4 is 0 Å². The quantitative estimate of drug-likeness (QED) is 0.708. The van der Waals surface area contributed by atoms with Crippen LogP contribution in [0.4, 0.5) is 0 Å². The number of hydrogen-bond donors (Lipinski definition) is 1. The molecular weight excluding hydrogens is 176 g/mol. The van der Waals surface area contributed by atoms with Crippen molar-refractivity contribution in [1.82, 2.24) is 0 Å². The predicted molar refractivity (Wildman–Crippen MR) is 60.4 cm³/mol. The monoisotopic (exact) mass is 202 g/mol. The number of aliphatic hydroxyl groups is 1. The van der Waals surface area contributed by atoms with Crippen LogP contribution in [0, 0.1) is 11.3 Å². The van der Waals surface area contributed by atoms with Crippen molar-refractivity contribution in [2.24, 2.45) is 11.3 Å². The van der Waals surface area contributed by atoms with Gasteiger partial charge in [0.1, 0.15) is 0 Å². The summed E-state index contributed by atoms with van der Waals surface area (Å²) in [6, 6.07) is 0. The molecule has 0 aromatic carbocycles. The standard InChI is InChI=1S/C7H12O.C3H8O.C2H6/c1-7-3-2-6(8)5(7)4-7;1-3-4-2;1-2/h5-6,8H,2-4H2,1H3;3H2,1-2H3;1-2H3/t5-,6+,7-;;/m0../s1. The minimum absolute atomic E-state index is 0.0556. The average molecular weight is 202 g/mol. The fourth-order valence-corrected chi connectivity index (χ4v) is 2.01. The summed E-state index contributed by atoms with van der Waals surface area (Å²) < 4.78 is 4.54. The maximum Gasteiger partial charge on any atom is 0.0574 e. The van der Waals surface area contributed by atoms with Gasteiger partial charge in [-0.1, -0.05) is 20.8 Å². The first kappa shape index (κ1) is 13.9. The van der Waals surface area contributed by atoms with Gasteiger partial charge in [-0.3, -0.25) is 0 Å². The number of methoxy groups -OCH3 is 1. The van der Waals surface area contributed by atoms with Crippen molar-refractivity contribution in [3.63, 3.8) is 0 Å². The molecule has 0 heterocycles. The van der Waals surface area contributed by atoms with Crippen molar-refractivity contribution in [2.75, 3.05) is 13.7 Å². The van der Waals surface area contributed by atoms with E-state index in [-0.39, 0.29) is 6.10 Å². The van der Waals surface area contributed by atoms with Crippen molar-refractivity contribution in [2.45, 2.75) is 53.1 Å². The molecule has 0 amide bonds. The summed E-state index contributed by atoms with van der Waals surface area (Å²) >= 11 is 0. The molecule has 0 radical (unpaired) electrons. The van der Waals surface area contributed by atoms with Gasteiger partial charge in [0.2, 0.25) is 0 Å². The van der Waals surface area contributed by atoms with E-state index in [9.17, 15) is 5.11 Å². The number of rotatable bonds is 1. The molecule has 2 heteroatoms. The van der Waals surface area contributed by atoms with Crippen LogP contribution in [0.15, 0.2) is 0 Å². The Bertz CT molecular complexity index is 145. The van der Waals surface area contributed by atoms with Crippen LogP contribution >= 0.6 is 0 Å². The van der Waals surface area contributed by atoms with Gasteiger partial charge in [0.05, 0.1) is 6.10 Å². The molecule has 0 spiro atoms. The van der Waals surface area contributed by atoms with E-state index >= 15 is 0 Å². The Balaban J connectivity index is 0.000000245. The predicted octanol–water partition coefficient (Wildman–Crippen LogP) is 2.85. The molecule has 3 atom stereocenters. The van der Waals surface area contributed by atoms with Crippen LogP contribution in [0.25, 0.3) is 0 Å². The lowest BCUT2D eigenvalue weighted by Gasteiger charge is -1.98. The van der Waals surface area contributed by atoms with Gasteiger partial charge >= 0.3 is 0 Å². The number of ether oxygens (including phenoxy) is 1. The third-order valence-corrected chi connectivity index (χ3v) is 3.19. The van der Waals surface area contributed by atoms with Crippen molar-refractivity contribution in [1.29, 1.82) is 0 Å². The van der Waals surface area contributed by atoms with Crippen LogP contribution in [0.2, 0.25) is 0 Å².